The lowest BCUT2D eigenvalue weighted by atomic mass is 10.1. The van der Waals surface area contributed by atoms with Gasteiger partial charge in [0.2, 0.25) is 0 Å². The van der Waals surface area contributed by atoms with Crippen molar-refractivity contribution in [2.24, 2.45) is 0 Å². The van der Waals surface area contributed by atoms with E-state index in [1.807, 2.05) is 122 Å². The zero-order chi connectivity index (χ0) is 23.7. The first-order chi connectivity index (χ1) is 16.5. The Labute approximate surface area is 207 Å². The normalized spacial score (nSPS) is 14.6. The summed E-state index contributed by atoms with van der Waals surface area (Å²) in [4.78, 5) is 17.4. The maximum atomic E-state index is 13.6. The second kappa shape index (κ2) is 9.20. The van der Waals surface area contributed by atoms with Gasteiger partial charge in [0.05, 0.1) is 5.70 Å². The van der Waals surface area contributed by atoms with E-state index in [9.17, 15) is 4.79 Å². The van der Waals surface area contributed by atoms with Gasteiger partial charge in [-0.25, -0.2) is 0 Å². The van der Waals surface area contributed by atoms with E-state index in [-0.39, 0.29) is 5.91 Å². The number of amides is 1. The van der Waals surface area contributed by atoms with E-state index in [1.54, 1.807) is 4.90 Å². The molecule has 2 heterocycles. The smallest absolute Gasteiger partial charge is 0.263 e. The summed E-state index contributed by atoms with van der Waals surface area (Å²) < 4.78 is 7.06. The fourth-order valence-electron chi connectivity index (χ4n) is 3.95. The number of hydrogen-bond donors (Lipinski definition) is 0. The highest BCUT2D eigenvalue weighted by molar-refractivity contribution is 9.10. The monoisotopic (exact) mass is 510 g/mol. The Bertz CT molecular complexity index is 1380. The maximum Gasteiger partial charge on any atom is 0.263 e. The molecule has 0 atom stereocenters. The highest BCUT2D eigenvalue weighted by Crippen LogP contribution is 2.36. The quantitative estimate of drug-likeness (QED) is 0.265. The van der Waals surface area contributed by atoms with Gasteiger partial charge in [-0.1, -0.05) is 58.4 Å². The molecular formula is C29H23BrN2O2. The first-order valence-electron chi connectivity index (χ1n) is 11.0. The summed E-state index contributed by atoms with van der Waals surface area (Å²) >= 11 is 3.46. The van der Waals surface area contributed by atoms with Crippen LogP contribution in [0, 0.1) is 0 Å². The molecule has 1 aliphatic rings. The van der Waals surface area contributed by atoms with Crippen LogP contribution in [-0.4, -0.2) is 20.0 Å². The van der Waals surface area contributed by atoms with E-state index in [1.165, 1.54) is 0 Å². The number of benzene rings is 3. The van der Waals surface area contributed by atoms with Gasteiger partial charge in [-0.3, -0.25) is 9.69 Å². The van der Waals surface area contributed by atoms with Gasteiger partial charge in [0.15, 0.2) is 0 Å². The van der Waals surface area contributed by atoms with Crippen molar-refractivity contribution in [3.05, 3.63) is 118 Å². The largest absolute Gasteiger partial charge is 0.457 e. The number of hydrogen-bond acceptors (Lipinski definition) is 3. The van der Waals surface area contributed by atoms with Crippen molar-refractivity contribution in [3.8, 4) is 11.3 Å². The van der Waals surface area contributed by atoms with E-state index in [0.29, 0.717) is 11.3 Å². The standard InChI is InChI=1S/C29H23BrN2O2/c1-31(2)24-12-14-25(15-13-24)32-27(20-6-4-3-5-7-20)19-22(29(32)33)18-26-16-17-28(34-26)21-8-10-23(30)11-9-21/h3-19H,1-2H3/b22-18-. The fourth-order valence-corrected chi connectivity index (χ4v) is 4.21. The predicted molar refractivity (Wildman–Crippen MR) is 142 cm³/mol. The summed E-state index contributed by atoms with van der Waals surface area (Å²) in [6, 6.07) is 29.7. The Balaban J connectivity index is 1.52. The molecule has 5 rings (SSSR count). The third-order valence-electron chi connectivity index (χ3n) is 5.73. The summed E-state index contributed by atoms with van der Waals surface area (Å²) in [6.45, 7) is 0. The van der Waals surface area contributed by atoms with Crippen LogP contribution < -0.4 is 9.80 Å². The summed E-state index contributed by atoms with van der Waals surface area (Å²) in [5, 5.41) is 0. The van der Waals surface area contributed by atoms with Crippen LogP contribution >= 0.6 is 15.9 Å². The first kappa shape index (κ1) is 22.0. The van der Waals surface area contributed by atoms with Crippen LogP contribution in [0.2, 0.25) is 0 Å². The van der Waals surface area contributed by atoms with Crippen molar-refractivity contribution in [1.29, 1.82) is 0 Å². The minimum absolute atomic E-state index is 0.0851. The molecule has 1 aliphatic heterocycles. The molecule has 0 aliphatic carbocycles. The predicted octanol–water partition coefficient (Wildman–Crippen LogP) is 7.25. The van der Waals surface area contributed by atoms with Gasteiger partial charge < -0.3 is 9.32 Å². The van der Waals surface area contributed by atoms with Gasteiger partial charge in [-0.2, -0.15) is 0 Å². The Morgan fingerprint density at radius 3 is 2.21 bits per heavy atom. The molecule has 5 heteroatoms. The fraction of sp³-hybridized carbons (Fsp3) is 0.0690. The number of carbonyl (C=O) groups is 1. The lowest BCUT2D eigenvalue weighted by Crippen LogP contribution is -2.25. The molecule has 1 amide bonds. The Morgan fingerprint density at radius 1 is 0.824 bits per heavy atom. The van der Waals surface area contributed by atoms with Crippen LogP contribution in [0.5, 0.6) is 0 Å². The average molecular weight is 511 g/mol. The molecule has 0 fully saturated rings. The van der Waals surface area contributed by atoms with Crippen LogP contribution in [0.3, 0.4) is 0 Å². The molecule has 0 unspecified atom stereocenters. The first-order valence-corrected chi connectivity index (χ1v) is 11.8. The Hall–Kier alpha value is -3.83. The van der Waals surface area contributed by atoms with Crippen molar-refractivity contribution < 1.29 is 9.21 Å². The SMILES string of the molecule is CN(C)c1ccc(N2C(=O)/C(=C\c3ccc(-c4ccc(Br)cc4)o3)C=C2c2ccccc2)cc1. The average Bonchev–Trinajstić information content (AvgIpc) is 3.45. The van der Waals surface area contributed by atoms with E-state index < -0.39 is 0 Å². The molecule has 4 aromatic rings. The molecule has 0 N–H and O–H groups in total. The van der Waals surface area contributed by atoms with Crippen molar-refractivity contribution in [3.63, 3.8) is 0 Å². The molecule has 0 spiro atoms. The lowest BCUT2D eigenvalue weighted by molar-refractivity contribution is -0.113. The third kappa shape index (κ3) is 4.35. The second-order valence-electron chi connectivity index (χ2n) is 8.26. The van der Waals surface area contributed by atoms with Crippen LogP contribution in [0.4, 0.5) is 11.4 Å². The number of furan rings is 1. The Morgan fingerprint density at radius 2 is 1.53 bits per heavy atom. The lowest BCUT2D eigenvalue weighted by Gasteiger charge is -2.22. The summed E-state index contributed by atoms with van der Waals surface area (Å²) in [5.74, 6) is 1.31. The van der Waals surface area contributed by atoms with Gasteiger partial charge in [0.25, 0.3) is 5.91 Å². The zero-order valence-corrected chi connectivity index (χ0v) is 20.5. The molecule has 34 heavy (non-hydrogen) atoms. The van der Waals surface area contributed by atoms with Crippen LogP contribution in [-0.2, 0) is 4.79 Å². The minimum Gasteiger partial charge on any atom is -0.457 e. The van der Waals surface area contributed by atoms with Crippen LogP contribution in [0.25, 0.3) is 23.1 Å². The van der Waals surface area contributed by atoms with E-state index in [0.717, 1.165) is 38.4 Å². The van der Waals surface area contributed by atoms with E-state index >= 15 is 0 Å². The van der Waals surface area contributed by atoms with Gasteiger partial charge in [0, 0.05) is 41.1 Å². The minimum atomic E-state index is -0.0851. The summed E-state index contributed by atoms with van der Waals surface area (Å²) in [5.41, 5.74) is 5.28. The molecule has 0 bridgehead atoms. The van der Waals surface area contributed by atoms with Crippen molar-refractivity contribution in [2.75, 3.05) is 23.9 Å². The number of anilines is 2. The number of halogens is 1. The number of rotatable bonds is 5. The molecule has 168 valence electrons. The van der Waals surface area contributed by atoms with Crippen molar-refractivity contribution in [1.82, 2.24) is 0 Å². The maximum absolute atomic E-state index is 13.6. The molecule has 0 saturated carbocycles. The highest BCUT2D eigenvalue weighted by Gasteiger charge is 2.30. The molecule has 0 saturated heterocycles. The van der Waals surface area contributed by atoms with Crippen LogP contribution in [0.15, 0.2) is 112 Å². The zero-order valence-electron chi connectivity index (χ0n) is 18.9. The van der Waals surface area contributed by atoms with Crippen molar-refractivity contribution in [2.45, 2.75) is 0 Å². The van der Waals surface area contributed by atoms with E-state index in [4.69, 9.17) is 4.42 Å². The number of nitrogens with zero attached hydrogens (tertiary/aromatic N) is 2. The summed E-state index contributed by atoms with van der Waals surface area (Å²) in [7, 11) is 4.00. The molecular weight excluding hydrogens is 488 g/mol. The molecule has 1 aromatic heterocycles. The Kier molecular flexibility index (Phi) is 5.95. The van der Waals surface area contributed by atoms with Gasteiger partial charge >= 0.3 is 0 Å². The number of carbonyl (C=O) groups excluding carboxylic acids is 1. The molecule has 0 radical (unpaired) electrons. The van der Waals surface area contributed by atoms with Crippen LogP contribution in [0.1, 0.15) is 11.3 Å². The van der Waals surface area contributed by atoms with Gasteiger partial charge in [-0.15, -0.1) is 0 Å². The highest BCUT2D eigenvalue weighted by atomic mass is 79.9. The van der Waals surface area contributed by atoms with E-state index in [2.05, 4.69) is 15.9 Å². The molecule has 4 nitrogen and oxygen atoms in total. The molecule has 3 aromatic carbocycles. The summed E-state index contributed by atoms with van der Waals surface area (Å²) in [6.07, 6.45) is 3.74. The van der Waals surface area contributed by atoms with Crippen molar-refractivity contribution >= 4 is 45.0 Å². The second-order valence-corrected chi connectivity index (χ2v) is 9.17. The topological polar surface area (TPSA) is 36.7 Å². The van der Waals surface area contributed by atoms with Gasteiger partial charge in [-0.05, 0) is 66.2 Å². The third-order valence-corrected chi connectivity index (χ3v) is 6.26. The van der Waals surface area contributed by atoms with Gasteiger partial charge in [0.1, 0.15) is 11.5 Å².